The molecule has 0 aliphatic carbocycles. The number of benzene rings is 2. The average Bonchev–Trinajstić information content (AvgIpc) is 3.49. The van der Waals surface area contributed by atoms with Crippen LogP contribution >= 0.6 is 23.5 Å². The number of methoxy groups -OCH3 is 1. The fourth-order valence-electron chi connectivity index (χ4n) is 2.71. The van der Waals surface area contributed by atoms with Gasteiger partial charge >= 0.3 is 0 Å². The zero-order valence-corrected chi connectivity index (χ0v) is 19.4. The SMILES string of the molecule is COc1ccc(OCc2nnc(SC)n2NC(=O)CSc2nnc(-c3ccccc3)o2)cc1. The van der Waals surface area contributed by atoms with Gasteiger partial charge in [-0.3, -0.25) is 10.2 Å². The Hall–Kier alpha value is -3.51. The summed E-state index contributed by atoms with van der Waals surface area (Å²) < 4.78 is 18.0. The topological polar surface area (TPSA) is 117 Å². The van der Waals surface area contributed by atoms with Crippen molar-refractivity contribution in [1.29, 1.82) is 0 Å². The minimum absolute atomic E-state index is 0.0706. The molecule has 170 valence electrons. The smallest absolute Gasteiger partial charge is 0.277 e. The van der Waals surface area contributed by atoms with Crippen LogP contribution in [-0.2, 0) is 11.4 Å². The number of ether oxygens (including phenoxy) is 2. The van der Waals surface area contributed by atoms with Gasteiger partial charge in [0.05, 0.1) is 12.9 Å². The highest BCUT2D eigenvalue weighted by atomic mass is 32.2. The second-order valence-corrected chi connectivity index (χ2v) is 8.17. The molecule has 10 nitrogen and oxygen atoms in total. The van der Waals surface area contributed by atoms with E-state index in [-0.39, 0.29) is 18.3 Å². The molecule has 0 saturated heterocycles. The predicted molar refractivity (Wildman–Crippen MR) is 124 cm³/mol. The first kappa shape index (κ1) is 22.7. The molecule has 0 fully saturated rings. The lowest BCUT2D eigenvalue weighted by molar-refractivity contribution is -0.114. The van der Waals surface area contributed by atoms with Gasteiger partial charge in [-0.15, -0.1) is 20.4 Å². The van der Waals surface area contributed by atoms with E-state index in [9.17, 15) is 4.79 Å². The maximum absolute atomic E-state index is 12.6. The molecule has 0 spiro atoms. The van der Waals surface area contributed by atoms with Crippen LogP contribution in [0.2, 0.25) is 0 Å². The maximum Gasteiger partial charge on any atom is 0.277 e. The quantitative estimate of drug-likeness (QED) is 0.335. The summed E-state index contributed by atoms with van der Waals surface area (Å²) in [6.45, 7) is 0.122. The van der Waals surface area contributed by atoms with Crippen molar-refractivity contribution in [2.45, 2.75) is 17.0 Å². The second-order valence-electron chi connectivity index (χ2n) is 6.47. The van der Waals surface area contributed by atoms with E-state index >= 15 is 0 Å². The van der Waals surface area contributed by atoms with E-state index in [4.69, 9.17) is 13.9 Å². The third-order valence-corrected chi connectivity index (χ3v) is 5.75. The minimum Gasteiger partial charge on any atom is -0.497 e. The molecular formula is C21H20N6O4S2. The van der Waals surface area contributed by atoms with Crippen LogP contribution in [0.25, 0.3) is 11.5 Å². The van der Waals surface area contributed by atoms with E-state index in [0.717, 1.165) is 23.1 Å². The molecule has 1 amide bonds. The molecule has 0 atom stereocenters. The summed E-state index contributed by atoms with van der Waals surface area (Å²) in [5.41, 5.74) is 3.61. The lowest BCUT2D eigenvalue weighted by Crippen LogP contribution is -2.27. The third-order valence-electron chi connectivity index (χ3n) is 4.30. The van der Waals surface area contributed by atoms with Gasteiger partial charge in [0.25, 0.3) is 5.22 Å². The van der Waals surface area contributed by atoms with Crippen LogP contribution in [0.5, 0.6) is 11.5 Å². The Kier molecular flexibility index (Phi) is 7.47. The van der Waals surface area contributed by atoms with Crippen molar-refractivity contribution in [3.05, 3.63) is 60.4 Å². The minimum atomic E-state index is -0.278. The highest BCUT2D eigenvalue weighted by molar-refractivity contribution is 7.99. The van der Waals surface area contributed by atoms with E-state index in [1.54, 1.807) is 31.4 Å². The average molecular weight is 485 g/mol. The molecule has 0 aliphatic heterocycles. The molecule has 0 saturated carbocycles. The van der Waals surface area contributed by atoms with Gasteiger partial charge in [-0.1, -0.05) is 41.7 Å². The van der Waals surface area contributed by atoms with E-state index in [0.29, 0.717) is 27.8 Å². The molecule has 4 aromatic rings. The highest BCUT2D eigenvalue weighted by Gasteiger charge is 2.16. The Morgan fingerprint density at radius 2 is 1.79 bits per heavy atom. The number of hydrogen-bond acceptors (Lipinski definition) is 10. The van der Waals surface area contributed by atoms with Crippen molar-refractivity contribution in [3.63, 3.8) is 0 Å². The number of carbonyl (C=O) groups is 1. The van der Waals surface area contributed by atoms with Crippen molar-refractivity contribution in [2.24, 2.45) is 0 Å². The first-order valence-corrected chi connectivity index (χ1v) is 11.9. The number of rotatable bonds is 10. The summed E-state index contributed by atoms with van der Waals surface area (Å²) in [7, 11) is 1.60. The van der Waals surface area contributed by atoms with E-state index < -0.39 is 0 Å². The Bertz CT molecular complexity index is 1200. The van der Waals surface area contributed by atoms with Crippen LogP contribution in [-0.4, -0.2) is 50.1 Å². The molecular weight excluding hydrogens is 464 g/mol. The first-order chi connectivity index (χ1) is 16.2. The summed E-state index contributed by atoms with van der Waals surface area (Å²) in [6.07, 6.45) is 1.85. The Labute approximate surface area is 198 Å². The summed E-state index contributed by atoms with van der Waals surface area (Å²) in [5.74, 6) is 2.03. The molecule has 1 N–H and O–H groups in total. The Balaban J connectivity index is 1.35. The molecule has 4 rings (SSSR count). The summed E-state index contributed by atoms with van der Waals surface area (Å²) in [4.78, 5) is 12.6. The number of nitrogens with zero attached hydrogens (tertiary/aromatic N) is 5. The molecule has 12 heteroatoms. The molecule has 2 aromatic heterocycles. The van der Waals surface area contributed by atoms with Crippen molar-refractivity contribution >= 4 is 29.4 Å². The molecule has 0 radical (unpaired) electrons. The fourth-order valence-corrected chi connectivity index (χ4v) is 3.72. The maximum atomic E-state index is 12.6. The molecule has 2 aromatic carbocycles. The van der Waals surface area contributed by atoms with Gasteiger partial charge in [-0.05, 0) is 42.7 Å². The van der Waals surface area contributed by atoms with Crippen LogP contribution in [0.15, 0.2) is 69.4 Å². The van der Waals surface area contributed by atoms with Crippen LogP contribution in [0.4, 0.5) is 0 Å². The predicted octanol–water partition coefficient (Wildman–Crippen LogP) is 3.50. The number of hydrogen-bond donors (Lipinski definition) is 1. The first-order valence-electron chi connectivity index (χ1n) is 9.73. The van der Waals surface area contributed by atoms with E-state index in [2.05, 4.69) is 25.8 Å². The zero-order chi connectivity index (χ0) is 23.0. The van der Waals surface area contributed by atoms with Gasteiger partial charge in [0.2, 0.25) is 17.0 Å². The summed E-state index contributed by atoms with van der Waals surface area (Å²) in [5, 5.41) is 17.1. The third kappa shape index (κ3) is 5.84. The number of amides is 1. The fraction of sp³-hybridized carbons (Fsp3) is 0.190. The van der Waals surface area contributed by atoms with E-state index in [1.165, 1.54) is 16.4 Å². The van der Waals surface area contributed by atoms with Crippen molar-refractivity contribution < 1.29 is 18.7 Å². The molecule has 0 bridgehead atoms. The van der Waals surface area contributed by atoms with Gasteiger partial charge in [0.15, 0.2) is 5.82 Å². The molecule has 33 heavy (non-hydrogen) atoms. The van der Waals surface area contributed by atoms with Gasteiger partial charge in [-0.2, -0.15) is 0 Å². The van der Waals surface area contributed by atoms with Crippen molar-refractivity contribution in [3.8, 4) is 23.0 Å². The summed E-state index contributed by atoms with van der Waals surface area (Å²) >= 11 is 2.50. The monoisotopic (exact) mass is 484 g/mol. The number of thioether (sulfide) groups is 2. The van der Waals surface area contributed by atoms with Crippen LogP contribution in [0.1, 0.15) is 5.82 Å². The van der Waals surface area contributed by atoms with Gasteiger partial charge in [0, 0.05) is 5.56 Å². The van der Waals surface area contributed by atoms with Crippen molar-refractivity contribution in [2.75, 3.05) is 24.5 Å². The Morgan fingerprint density at radius 1 is 1.03 bits per heavy atom. The molecule has 0 aliphatic rings. The second kappa shape index (κ2) is 10.9. The van der Waals surface area contributed by atoms with Crippen LogP contribution in [0, 0.1) is 0 Å². The largest absolute Gasteiger partial charge is 0.497 e. The van der Waals surface area contributed by atoms with Gasteiger partial charge < -0.3 is 13.9 Å². The van der Waals surface area contributed by atoms with Crippen molar-refractivity contribution in [1.82, 2.24) is 25.1 Å². The lowest BCUT2D eigenvalue weighted by atomic mass is 10.2. The van der Waals surface area contributed by atoms with Crippen LogP contribution in [0.3, 0.4) is 0 Å². The Morgan fingerprint density at radius 3 is 2.52 bits per heavy atom. The number of nitrogens with one attached hydrogen (secondary N) is 1. The standard InChI is InChI=1S/C21H20N6O4S2/c1-29-15-8-10-16(11-9-15)30-12-17-22-24-20(32-2)27(17)26-18(28)13-33-21-25-23-19(31-21)14-6-4-3-5-7-14/h3-11H,12-13H2,1-2H3,(H,26,28). The number of carbonyl (C=O) groups excluding carboxylic acids is 1. The molecule has 0 unspecified atom stereocenters. The normalized spacial score (nSPS) is 10.7. The van der Waals surface area contributed by atoms with Gasteiger partial charge in [-0.25, -0.2) is 4.68 Å². The number of aromatic nitrogens is 5. The molecule has 2 heterocycles. The highest BCUT2D eigenvalue weighted by Crippen LogP contribution is 2.23. The van der Waals surface area contributed by atoms with Gasteiger partial charge in [0.1, 0.15) is 18.1 Å². The lowest BCUT2D eigenvalue weighted by Gasteiger charge is -2.11. The van der Waals surface area contributed by atoms with Crippen LogP contribution < -0.4 is 14.9 Å². The van der Waals surface area contributed by atoms with E-state index in [1.807, 2.05) is 36.6 Å². The summed E-state index contributed by atoms with van der Waals surface area (Å²) in [6, 6.07) is 16.6. The zero-order valence-electron chi connectivity index (χ0n) is 17.8.